The van der Waals surface area contributed by atoms with E-state index in [0.717, 1.165) is 15.4 Å². The number of carbonyl (C=O) groups excluding carboxylic acids is 2. The Morgan fingerprint density at radius 3 is 2.23 bits per heavy atom. The van der Waals surface area contributed by atoms with Crippen molar-refractivity contribution in [1.82, 2.24) is 10.2 Å². The summed E-state index contributed by atoms with van der Waals surface area (Å²) >= 11 is 6.07. The van der Waals surface area contributed by atoms with Crippen LogP contribution in [0, 0.1) is 12.8 Å². The molecule has 3 aromatic rings. The molecule has 0 radical (unpaired) electrons. The first-order valence-corrected chi connectivity index (χ1v) is 14.8. The van der Waals surface area contributed by atoms with Gasteiger partial charge in [0, 0.05) is 18.1 Å². The first-order chi connectivity index (χ1) is 18.9. The molecule has 1 N–H and O–H groups in total. The molecule has 0 saturated heterocycles. The number of aryl methyl sites for hydroxylation is 1. The maximum absolute atomic E-state index is 14.0. The van der Waals surface area contributed by atoms with Crippen molar-refractivity contribution in [3.05, 3.63) is 88.9 Å². The van der Waals surface area contributed by atoms with E-state index in [0.29, 0.717) is 17.3 Å². The number of carbonyl (C=O) groups is 2. The third-order valence-corrected chi connectivity index (χ3v) is 8.38. The molecular weight excluding hydrogens is 550 g/mol. The molecular formula is C30H36ClN3O5S. The van der Waals surface area contributed by atoms with Crippen molar-refractivity contribution >= 4 is 39.1 Å². The van der Waals surface area contributed by atoms with Crippen molar-refractivity contribution in [3.8, 4) is 5.75 Å². The maximum atomic E-state index is 14.0. The maximum Gasteiger partial charge on any atom is 0.264 e. The lowest BCUT2D eigenvalue weighted by Gasteiger charge is -2.32. The summed E-state index contributed by atoms with van der Waals surface area (Å²) in [5.41, 5.74) is 1.91. The molecule has 0 saturated carbocycles. The van der Waals surface area contributed by atoms with Gasteiger partial charge in [0.25, 0.3) is 10.0 Å². The van der Waals surface area contributed by atoms with Crippen LogP contribution in [0.3, 0.4) is 0 Å². The number of rotatable bonds is 12. The fourth-order valence-corrected chi connectivity index (χ4v) is 5.52. The van der Waals surface area contributed by atoms with E-state index in [1.165, 1.54) is 17.0 Å². The lowest BCUT2D eigenvalue weighted by molar-refractivity contribution is -0.139. The number of nitrogens with one attached hydrogen (secondary N) is 1. The van der Waals surface area contributed by atoms with E-state index in [1.807, 2.05) is 26.8 Å². The largest absolute Gasteiger partial charge is 0.497 e. The Labute approximate surface area is 241 Å². The molecule has 0 spiro atoms. The summed E-state index contributed by atoms with van der Waals surface area (Å²) in [7, 11) is -2.60. The SMILES string of the molecule is COc1cccc(CN(C(=O)CN(c2ccc(Cl)cc2)S(=O)(=O)c2ccc(C)cc2)[C@H](C)C(=O)NCC(C)C)c1. The van der Waals surface area contributed by atoms with Gasteiger partial charge in [0.1, 0.15) is 18.3 Å². The number of benzene rings is 3. The van der Waals surface area contributed by atoms with Gasteiger partial charge in [-0.25, -0.2) is 8.42 Å². The van der Waals surface area contributed by atoms with E-state index in [4.69, 9.17) is 16.3 Å². The summed E-state index contributed by atoms with van der Waals surface area (Å²) < 4.78 is 34.0. The molecule has 2 amide bonds. The molecule has 0 aromatic heterocycles. The molecule has 214 valence electrons. The van der Waals surface area contributed by atoms with Crippen molar-refractivity contribution in [3.63, 3.8) is 0 Å². The van der Waals surface area contributed by atoms with E-state index >= 15 is 0 Å². The predicted molar refractivity (Wildman–Crippen MR) is 158 cm³/mol. The molecule has 0 aliphatic rings. The highest BCUT2D eigenvalue weighted by Gasteiger charge is 2.32. The second kappa shape index (κ2) is 13.7. The highest BCUT2D eigenvalue weighted by molar-refractivity contribution is 7.92. The zero-order valence-electron chi connectivity index (χ0n) is 23.4. The third kappa shape index (κ3) is 7.99. The molecule has 1 atom stereocenters. The standard InChI is InChI=1S/C30H36ClN3O5S/c1-21(2)18-32-30(36)23(4)33(19-24-7-6-8-27(17-24)39-5)29(35)20-34(26-13-11-25(31)12-14-26)40(37,38)28-15-9-22(3)10-16-28/h6-17,21,23H,18-20H2,1-5H3,(H,32,36)/t23-/m1/s1. The summed E-state index contributed by atoms with van der Waals surface area (Å²) in [6.07, 6.45) is 0. The molecule has 0 aliphatic carbocycles. The van der Waals surface area contributed by atoms with Crippen molar-refractivity contribution in [2.24, 2.45) is 5.92 Å². The minimum absolute atomic E-state index is 0.0444. The van der Waals surface area contributed by atoms with Crippen LogP contribution in [-0.2, 0) is 26.2 Å². The molecule has 0 fully saturated rings. The van der Waals surface area contributed by atoms with Crippen LogP contribution in [-0.4, -0.2) is 51.4 Å². The predicted octanol–water partition coefficient (Wildman–Crippen LogP) is 5.04. The van der Waals surface area contributed by atoms with Crippen molar-refractivity contribution < 1.29 is 22.7 Å². The summed E-state index contributed by atoms with van der Waals surface area (Å²) in [6, 6.07) is 18.9. The van der Waals surface area contributed by atoms with Gasteiger partial charge in [-0.1, -0.05) is 55.3 Å². The molecule has 3 aromatic carbocycles. The number of hydrogen-bond donors (Lipinski definition) is 1. The van der Waals surface area contributed by atoms with Crippen molar-refractivity contribution in [1.29, 1.82) is 0 Å². The average molecular weight is 586 g/mol. The summed E-state index contributed by atoms with van der Waals surface area (Å²) in [6.45, 7) is 7.44. The molecule has 3 rings (SSSR count). The highest BCUT2D eigenvalue weighted by Crippen LogP contribution is 2.26. The van der Waals surface area contributed by atoms with Gasteiger partial charge in [-0.3, -0.25) is 13.9 Å². The molecule has 40 heavy (non-hydrogen) atoms. The first-order valence-electron chi connectivity index (χ1n) is 13.0. The molecule has 0 aliphatic heterocycles. The zero-order chi connectivity index (χ0) is 29.4. The second-order valence-corrected chi connectivity index (χ2v) is 12.3. The van der Waals surface area contributed by atoms with Crippen LogP contribution in [0.5, 0.6) is 5.75 Å². The van der Waals surface area contributed by atoms with Gasteiger partial charge in [0.05, 0.1) is 17.7 Å². The number of nitrogens with zero attached hydrogens (tertiary/aromatic N) is 2. The quantitative estimate of drug-likeness (QED) is 0.321. The Kier molecular flexibility index (Phi) is 10.6. The topological polar surface area (TPSA) is 96.0 Å². The van der Waals surface area contributed by atoms with Gasteiger partial charge in [-0.2, -0.15) is 0 Å². The number of amides is 2. The van der Waals surface area contributed by atoms with E-state index in [2.05, 4.69) is 5.32 Å². The van der Waals surface area contributed by atoms with Crippen LogP contribution < -0.4 is 14.4 Å². The number of methoxy groups -OCH3 is 1. The number of sulfonamides is 1. The van der Waals surface area contributed by atoms with Crippen LogP contribution in [0.1, 0.15) is 31.9 Å². The lowest BCUT2D eigenvalue weighted by atomic mass is 10.1. The number of hydrogen-bond acceptors (Lipinski definition) is 5. The van der Waals surface area contributed by atoms with Crippen molar-refractivity contribution in [2.75, 3.05) is 24.5 Å². The van der Waals surface area contributed by atoms with Gasteiger partial charge in [0.2, 0.25) is 11.8 Å². The van der Waals surface area contributed by atoms with Crippen LogP contribution >= 0.6 is 11.6 Å². The number of anilines is 1. The highest BCUT2D eigenvalue weighted by atomic mass is 35.5. The van der Waals surface area contributed by atoms with E-state index in [9.17, 15) is 18.0 Å². The molecule has 0 unspecified atom stereocenters. The Morgan fingerprint density at radius 2 is 1.62 bits per heavy atom. The van der Waals surface area contributed by atoms with Crippen molar-refractivity contribution in [2.45, 2.75) is 45.2 Å². The van der Waals surface area contributed by atoms with Gasteiger partial charge in [-0.05, 0) is 73.9 Å². The minimum atomic E-state index is -4.14. The van der Waals surface area contributed by atoms with E-state index in [1.54, 1.807) is 68.6 Å². The Morgan fingerprint density at radius 1 is 0.975 bits per heavy atom. The van der Waals surface area contributed by atoms with Crippen LogP contribution in [0.15, 0.2) is 77.7 Å². The monoisotopic (exact) mass is 585 g/mol. The second-order valence-electron chi connectivity index (χ2n) is 9.99. The van der Waals surface area contributed by atoms with Crippen LogP contribution in [0.2, 0.25) is 5.02 Å². The lowest BCUT2D eigenvalue weighted by Crippen LogP contribution is -2.51. The van der Waals surface area contributed by atoms with Crippen LogP contribution in [0.4, 0.5) is 5.69 Å². The number of halogens is 1. The smallest absolute Gasteiger partial charge is 0.264 e. The average Bonchev–Trinajstić information content (AvgIpc) is 2.93. The summed E-state index contributed by atoms with van der Waals surface area (Å²) in [5.74, 6) is -0.0460. The minimum Gasteiger partial charge on any atom is -0.497 e. The normalized spacial score (nSPS) is 12.1. The zero-order valence-corrected chi connectivity index (χ0v) is 25.0. The molecule has 8 nitrogen and oxygen atoms in total. The van der Waals surface area contributed by atoms with E-state index in [-0.39, 0.29) is 29.0 Å². The van der Waals surface area contributed by atoms with Gasteiger partial charge >= 0.3 is 0 Å². The Hall–Kier alpha value is -3.56. The van der Waals surface area contributed by atoms with Gasteiger partial charge < -0.3 is 15.0 Å². The van der Waals surface area contributed by atoms with Gasteiger partial charge in [0.15, 0.2) is 0 Å². The Balaban J connectivity index is 2.01. The molecule has 0 heterocycles. The summed E-state index contributed by atoms with van der Waals surface area (Å²) in [5, 5.41) is 3.30. The van der Waals surface area contributed by atoms with E-state index < -0.39 is 28.5 Å². The number of ether oxygens (including phenoxy) is 1. The Bertz CT molecular complexity index is 1410. The third-order valence-electron chi connectivity index (χ3n) is 6.34. The fraction of sp³-hybridized carbons (Fsp3) is 0.333. The summed E-state index contributed by atoms with van der Waals surface area (Å²) in [4.78, 5) is 28.5. The van der Waals surface area contributed by atoms with Crippen LogP contribution in [0.25, 0.3) is 0 Å². The molecule has 10 heteroatoms. The first kappa shape index (κ1) is 31.0. The molecule has 0 bridgehead atoms. The fourth-order valence-electron chi connectivity index (χ4n) is 3.98. The van der Waals surface area contributed by atoms with Gasteiger partial charge in [-0.15, -0.1) is 0 Å².